The van der Waals surface area contributed by atoms with Crippen molar-refractivity contribution in [2.45, 2.75) is 57.9 Å². The molecule has 4 heterocycles. The molecule has 1 atom stereocenters. The first-order chi connectivity index (χ1) is 16.2. The molecule has 33 heavy (non-hydrogen) atoms. The van der Waals surface area contributed by atoms with Crippen LogP contribution in [0.15, 0.2) is 30.3 Å². The molecule has 3 aliphatic rings. The van der Waals surface area contributed by atoms with E-state index in [1.807, 2.05) is 4.90 Å². The molecule has 0 spiro atoms. The molecule has 1 amide bonds. The van der Waals surface area contributed by atoms with Crippen LogP contribution in [-0.4, -0.2) is 50.6 Å². The van der Waals surface area contributed by atoms with Gasteiger partial charge in [0.25, 0.3) is 5.91 Å². The quantitative estimate of drug-likeness (QED) is 0.668. The number of likely N-dealkylation sites (tertiary alicyclic amines) is 1. The summed E-state index contributed by atoms with van der Waals surface area (Å²) in [5.74, 6) is 2.19. The highest BCUT2D eigenvalue weighted by molar-refractivity contribution is 5.94. The number of amides is 1. The number of benzene rings is 1. The highest BCUT2D eigenvalue weighted by atomic mass is 16.2. The number of fused-ring (bicyclic) bond motifs is 2. The van der Waals surface area contributed by atoms with Crippen LogP contribution in [0, 0.1) is 6.92 Å². The standard InChI is InChI=1S/C26H30N6O/c1-17-20-10-6-13-31(15-18-7-3-2-4-8-18)25(20)28-24(27-17)19-12-14-32(16-19)26(33)23-21-9-5-11-22(21)29-30-23/h2-4,7-8,19H,5-6,9-16H2,1H3,(H,29,30)/t19-/m1/s1. The van der Waals surface area contributed by atoms with E-state index in [1.54, 1.807) is 0 Å². The molecule has 6 rings (SSSR count). The molecule has 1 aromatic carbocycles. The van der Waals surface area contributed by atoms with Crippen LogP contribution in [0.3, 0.4) is 0 Å². The third-order valence-corrected chi connectivity index (χ3v) is 7.43. The summed E-state index contributed by atoms with van der Waals surface area (Å²) in [5.41, 5.74) is 6.55. The van der Waals surface area contributed by atoms with Crippen LogP contribution in [0.1, 0.15) is 69.6 Å². The van der Waals surface area contributed by atoms with Crippen molar-refractivity contribution in [3.63, 3.8) is 0 Å². The average molecular weight is 443 g/mol. The van der Waals surface area contributed by atoms with E-state index in [2.05, 4.69) is 52.4 Å². The maximum absolute atomic E-state index is 13.2. The lowest BCUT2D eigenvalue weighted by molar-refractivity contribution is 0.0783. The summed E-state index contributed by atoms with van der Waals surface area (Å²) in [7, 11) is 0. The van der Waals surface area contributed by atoms with Gasteiger partial charge in [-0.1, -0.05) is 30.3 Å². The SMILES string of the molecule is Cc1nc([C@@H]2CCN(C(=O)c3n[nH]c4c3CCC4)C2)nc2c1CCCN2Cc1ccccc1. The van der Waals surface area contributed by atoms with Gasteiger partial charge in [-0.05, 0) is 51.0 Å². The fourth-order valence-electron chi connectivity index (χ4n) is 5.65. The number of aromatic amines is 1. The van der Waals surface area contributed by atoms with Crippen LogP contribution in [-0.2, 0) is 25.8 Å². The van der Waals surface area contributed by atoms with Gasteiger partial charge in [0.2, 0.25) is 0 Å². The minimum absolute atomic E-state index is 0.0530. The Bertz CT molecular complexity index is 1190. The zero-order valence-corrected chi connectivity index (χ0v) is 19.2. The fourth-order valence-corrected chi connectivity index (χ4v) is 5.65. The zero-order chi connectivity index (χ0) is 22.4. The number of rotatable bonds is 4. The number of anilines is 1. The van der Waals surface area contributed by atoms with E-state index < -0.39 is 0 Å². The van der Waals surface area contributed by atoms with Crippen molar-refractivity contribution in [2.24, 2.45) is 0 Å². The zero-order valence-electron chi connectivity index (χ0n) is 19.2. The first kappa shape index (κ1) is 20.4. The van der Waals surface area contributed by atoms with Gasteiger partial charge in [0, 0.05) is 54.6 Å². The van der Waals surface area contributed by atoms with Gasteiger partial charge in [-0.15, -0.1) is 0 Å². The molecule has 0 bridgehead atoms. The van der Waals surface area contributed by atoms with E-state index in [-0.39, 0.29) is 11.8 Å². The number of nitrogens with one attached hydrogen (secondary N) is 1. The molecule has 7 heteroatoms. The van der Waals surface area contributed by atoms with Gasteiger partial charge in [-0.25, -0.2) is 9.97 Å². The predicted octanol–water partition coefficient (Wildman–Crippen LogP) is 3.58. The van der Waals surface area contributed by atoms with E-state index in [1.165, 1.54) is 11.1 Å². The van der Waals surface area contributed by atoms with Crippen LogP contribution in [0.25, 0.3) is 0 Å². The summed E-state index contributed by atoms with van der Waals surface area (Å²) >= 11 is 0. The maximum atomic E-state index is 13.2. The molecule has 1 fully saturated rings. The normalized spacial score (nSPS) is 19.6. The number of H-pyrrole nitrogens is 1. The third kappa shape index (κ3) is 3.69. The summed E-state index contributed by atoms with van der Waals surface area (Å²) < 4.78 is 0. The minimum Gasteiger partial charge on any atom is -0.352 e. The lowest BCUT2D eigenvalue weighted by atomic mass is 10.0. The fraction of sp³-hybridized carbons (Fsp3) is 0.462. The molecule has 0 unspecified atom stereocenters. The number of carbonyl (C=O) groups is 1. The summed E-state index contributed by atoms with van der Waals surface area (Å²) in [6.07, 6.45) is 6.12. The topological polar surface area (TPSA) is 78.0 Å². The van der Waals surface area contributed by atoms with Crippen LogP contribution in [0.4, 0.5) is 5.82 Å². The summed E-state index contributed by atoms with van der Waals surface area (Å²) in [5, 5.41) is 7.42. The highest BCUT2D eigenvalue weighted by Gasteiger charge is 2.34. The Kier molecular flexibility index (Phi) is 5.12. The first-order valence-electron chi connectivity index (χ1n) is 12.2. The van der Waals surface area contributed by atoms with Crippen LogP contribution < -0.4 is 4.90 Å². The van der Waals surface area contributed by atoms with Crippen LogP contribution >= 0.6 is 0 Å². The van der Waals surface area contributed by atoms with Crippen molar-refractivity contribution >= 4 is 11.7 Å². The Morgan fingerprint density at radius 1 is 1.06 bits per heavy atom. The van der Waals surface area contributed by atoms with Crippen molar-refractivity contribution in [1.82, 2.24) is 25.1 Å². The number of hydrogen-bond acceptors (Lipinski definition) is 5. The van der Waals surface area contributed by atoms with Crippen molar-refractivity contribution in [2.75, 3.05) is 24.5 Å². The van der Waals surface area contributed by atoms with Crippen molar-refractivity contribution in [3.05, 3.63) is 69.9 Å². The summed E-state index contributed by atoms with van der Waals surface area (Å²) in [6.45, 7) is 5.39. The van der Waals surface area contributed by atoms with Crippen LogP contribution in [0.5, 0.6) is 0 Å². The lowest BCUT2D eigenvalue weighted by Crippen LogP contribution is -2.32. The lowest BCUT2D eigenvalue weighted by Gasteiger charge is -2.31. The Morgan fingerprint density at radius 2 is 1.91 bits per heavy atom. The number of nitrogens with zero attached hydrogens (tertiary/aromatic N) is 5. The Labute approximate surface area is 194 Å². The number of carbonyl (C=O) groups excluding carboxylic acids is 1. The van der Waals surface area contributed by atoms with Crippen molar-refractivity contribution in [3.8, 4) is 0 Å². The Hall–Kier alpha value is -3.22. The molecule has 1 N–H and O–H groups in total. The maximum Gasteiger partial charge on any atom is 0.274 e. The molecule has 7 nitrogen and oxygen atoms in total. The predicted molar refractivity (Wildman–Crippen MR) is 126 cm³/mol. The van der Waals surface area contributed by atoms with Gasteiger partial charge in [0.1, 0.15) is 11.6 Å². The molecule has 1 saturated heterocycles. The summed E-state index contributed by atoms with van der Waals surface area (Å²) in [4.78, 5) is 27.6. The van der Waals surface area contributed by atoms with Crippen molar-refractivity contribution in [1.29, 1.82) is 0 Å². The average Bonchev–Trinajstić information content (AvgIpc) is 3.57. The molecular weight excluding hydrogens is 412 g/mol. The Balaban J connectivity index is 1.23. The number of aromatic nitrogens is 4. The van der Waals surface area contributed by atoms with Gasteiger partial charge in [-0.3, -0.25) is 9.89 Å². The molecule has 170 valence electrons. The first-order valence-corrected chi connectivity index (χ1v) is 12.2. The van der Waals surface area contributed by atoms with Gasteiger partial charge in [0.15, 0.2) is 5.69 Å². The summed E-state index contributed by atoms with van der Waals surface area (Å²) in [6, 6.07) is 10.6. The number of aryl methyl sites for hydroxylation is 2. The highest BCUT2D eigenvalue weighted by Crippen LogP contribution is 2.33. The van der Waals surface area contributed by atoms with E-state index >= 15 is 0 Å². The monoisotopic (exact) mass is 442 g/mol. The second-order valence-electron chi connectivity index (χ2n) is 9.60. The number of hydrogen-bond donors (Lipinski definition) is 1. The molecule has 2 aromatic heterocycles. The Morgan fingerprint density at radius 3 is 2.79 bits per heavy atom. The van der Waals surface area contributed by atoms with E-state index in [0.29, 0.717) is 12.2 Å². The third-order valence-electron chi connectivity index (χ3n) is 7.43. The molecule has 2 aliphatic heterocycles. The second kappa shape index (κ2) is 8.28. The van der Waals surface area contributed by atoms with Gasteiger partial charge < -0.3 is 9.80 Å². The molecular formula is C26H30N6O. The van der Waals surface area contributed by atoms with Gasteiger partial charge in [-0.2, -0.15) is 5.10 Å². The van der Waals surface area contributed by atoms with Gasteiger partial charge in [0.05, 0.1) is 0 Å². The second-order valence-corrected chi connectivity index (χ2v) is 9.60. The van der Waals surface area contributed by atoms with Crippen LogP contribution in [0.2, 0.25) is 0 Å². The molecule has 1 aliphatic carbocycles. The molecule has 0 radical (unpaired) electrons. The molecule has 0 saturated carbocycles. The van der Waals surface area contributed by atoms with E-state index in [4.69, 9.17) is 9.97 Å². The van der Waals surface area contributed by atoms with E-state index in [0.717, 1.165) is 86.8 Å². The minimum atomic E-state index is 0.0530. The van der Waals surface area contributed by atoms with Crippen molar-refractivity contribution < 1.29 is 4.79 Å². The largest absolute Gasteiger partial charge is 0.352 e. The van der Waals surface area contributed by atoms with Gasteiger partial charge >= 0.3 is 0 Å². The van der Waals surface area contributed by atoms with E-state index in [9.17, 15) is 4.79 Å². The molecule has 3 aromatic rings. The smallest absolute Gasteiger partial charge is 0.274 e.